The molecule has 0 aliphatic carbocycles. The van der Waals surface area contributed by atoms with Crippen LogP contribution in [0.15, 0.2) is 18.2 Å². The Balaban J connectivity index is 2.45. The first-order chi connectivity index (χ1) is 7.59. The van der Waals surface area contributed by atoms with Gasteiger partial charge in [0.2, 0.25) is 5.91 Å². The van der Waals surface area contributed by atoms with Crippen LogP contribution in [0.25, 0.3) is 0 Å². The van der Waals surface area contributed by atoms with Crippen molar-refractivity contribution in [3.8, 4) is 0 Å². The van der Waals surface area contributed by atoms with Crippen molar-refractivity contribution in [2.24, 2.45) is 5.73 Å². The Morgan fingerprint density at radius 2 is 2.19 bits per heavy atom. The van der Waals surface area contributed by atoms with Crippen molar-refractivity contribution in [2.45, 2.75) is 12.8 Å². The lowest BCUT2D eigenvalue weighted by atomic mass is 10.3. The molecule has 1 aromatic rings. The summed E-state index contributed by atoms with van der Waals surface area (Å²) in [5.74, 6) is -0.945. The lowest BCUT2D eigenvalue weighted by Gasteiger charge is -2.04. The second-order valence-corrected chi connectivity index (χ2v) is 3.21. The van der Waals surface area contributed by atoms with Gasteiger partial charge in [0.1, 0.15) is 5.82 Å². The quantitative estimate of drug-likeness (QED) is 0.607. The van der Waals surface area contributed by atoms with E-state index in [9.17, 15) is 9.59 Å². The number of pyridine rings is 1. The number of aromatic carboxylic acids is 1. The lowest BCUT2D eigenvalue weighted by molar-refractivity contribution is -0.118. The summed E-state index contributed by atoms with van der Waals surface area (Å²) in [6.07, 6.45) is 0.889. The minimum Gasteiger partial charge on any atom is -0.477 e. The molecule has 4 N–H and O–H groups in total. The monoisotopic (exact) mass is 223 g/mol. The number of carboxylic acids is 1. The standard InChI is InChI=1S/C10H13N3O3/c11-8(14)4-2-6-12-9-5-1-3-7(13-9)10(15)16/h1,3,5H,2,4,6H2,(H2,11,14)(H,12,13)(H,15,16). The van der Waals surface area contributed by atoms with Crippen LogP contribution in [0.4, 0.5) is 5.82 Å². The second kappa shape index (κ2) is 5.69. The molecule has 16 heavy (non-hydrogen) atoms. The van der Waals surface area contributed by atoms with E-state index in [1.807, 2.05) is 0 Å². The van der Waals surface area contributed by atoms with Crippen LogP contribution in [0.2, 0.25) is 0 Å². The van der Waals surface area contributed by atoms with Crippen molar-refractivity contribution < 1.29 is 14.7 Å². The number of carbonyl (C=O) groups excluding carboxylic acids is 1. The van der Waals surface area contributed by atoms with Gasteiger partial charge in [-0.15, -0.1) is 0 Å². The summed E-state index contributed by atoms with van der Waals surface area (Å²) in [6, 6.07) is 4.68. The molecule has 0 aliphatic heterocycles. The number of rotatable bonds is 6. The van der Waals surface area contributed by atoms with Gasteiger partial charge in [-0.25, -0.2) is 9.78 Å². The van der Waals surface area contributed by atoms with Gasteiger partial charge in [0.15, 0.2) is 5.69 Å². The number of anilines is 1. The Morgan fingerprint density at radius 3 is 2.81 bits per heavy atom. The fraction of sp³-hybridized carbons (Fsp3) is 0.300. The zero-order valence-electron chi connectivity index (χ0n) is 8.64. The molecule has 0 radical (unpaired) electrons. The molecule has 0 saturated carbocycles. The number of amides is 1. The van der Waals surface area contributed by atoms with Gasteiger partial charge in [0.25, 0.3) is 0 Å². The van der Waals surface area contributed by atoms with Gasteiger partial charge in [-0.05, 0) is 18.6 Å². The van der Waals surface area contributed by atoms with Crippen molar-refractivity contribution in [3.63, 3.8) is 0 Å². The van der Waals surface area contributed by atoms with Gasteiger partial charge >= 0.3 is 5.97 Å². The number of primary amides is 1. The van der Waals surface area contributed by atoms with Crippen LogP contribution in [0.3, 0.4) is 0 Å². The third-order valence-electron chi connectivity index (χ3n) is 1.87. The molecule has 1 rings (SSSR count). The molecule has 0 bridgehead atoms. The van der Waals surface area contributed by atoms with Crippen molar-refractivity contribution in [2.75, 3.05) is 11.9 Å². The number of carboxylic acid groups (broad SMARTS) is 1. The lowest BCUT2D eigenvalue weighted by Crippen LogP contribution is -2.13. The SMILES string of the molecule is NC(=O)CCCNc1cccc(C(=O)O)n1. The van der Waals surface area contributed by atoms with E-state index in [-0.39, 0.29) is 11.6 Å². The maximum atomic E-state index is 10.6. The van der Waals surface area contributed by atoms with E-state index in [2.05, 4.69) is 10.3 Å². The molecule has 0 spiro atoms. The predicted molar refractivity (Wildman–Crippen MR) is 58.1 cm³/mol. The van der Waals surface area contributed by atoms with Gasteiger partial charge in [-0.3, -0.25) is 4.79 Å². The molecule has 6 nitrogen and oxygen atoms in total. The van der Waals surface area contributed by atoms with Crippen molar-refractivity contribution in [3.05, 3.63) is 23.9 Å². The highest BCUT2D eigenvalue weighted by atomic mass is 16.4. The Bertz CT molecular complexity index is 393. The highest BCUT2D eigenvalue weighted by Gasteiger charge is 2.04. The molecule has 1 amide bonds. The van der Waals surface area contributed by atoms with Crippen LogP contribution in [0.5, 0.6) is 0 Å². The summed E-state index contributed by atoms with van der Waals surface area (Å²) in [7, 11) is 0. The van der Waals surface area contributed by atoms with Gasteiger partial charge in [-0.2, -0.15) is 0 Å². The highest BCUT2D eigenvalue weighted by molar-refractivity contribution is 5.85. The predicted octanol–water partition coefficient (Wildman–Crippen LogP) is 0.457. The molecule has 0 aromatic carbocycles. The summed E-state index contributed by atoms with van der Waals surface area (Å²) in [6.45, 7) is 0.527. The number of nitrogens with zero attached hydrogens (tertiary/aromatic N) is 1. The molecular formula is C10H13N3O3. The minimum atomic E-state index is -1.07. The Hall–Kier alpha value is -2.11. The minimum absolute atomic E-state index is 0.0140. The first-order valence-corrected chi connectivity index (χ1v) is 4.82. The molecule has 0 unspecified atom stereocenters. The third-order valence-corrected chi connectivity index (χ3v) is 1.87. The molecule has 1 aromatic heterocycles. The Kier molecular flexibility index (Phi) is 4.26. The first kappa shape index (κ1) is 12.0. The summed E-state index contributed by atoms with van der Waals surface area (Å²) in [4.78, 5) is 24.9. The fourth-order valence-electron chi connectivity index (χ4n) is 1.13. The number of hydrogen-bond acceptors (Lipinski definition) is 4. The maximum Gasteiger partial charge on any atom is 0.354 e. The van der Waals surface area contributed by atoms with Gasteiger partial charge in [-0.1, -0.05) is 6.07 Å². The summed E-state index contributed by atoms with van der Waals surface area (Å²) in [5, 5.41) is 11.6. The van der Waals surface area contributed by atoms with Crippen molar-refractivity contribution in [1.82, 2.24) is 4.98 Å². The van der Waals surface area contributed by atoms with E-state index in [1.54, 1.807) is 12.1 Å². The van der Waals surface area contributed by atoms with E-state index in [4.69, 9.17) is 10.8 Å². The zero-order chi connectivity index (χ0) is 12.0. The summed E-state index contributed by atoms with van der Waals surface area (Å²) in [5.41, 5.74) is 4.96. The van der Waals surface area contributed by atoms with Crippen molar-refractivity contribution >= 4 is 17.7 Å². The van der Waals surface area contributed by atoms with E-state index in [1.165, 1.54) is 6.07 Å². The Labute approximate surface area is 92.5 Å². The van der Waals surface area contributed by atoms with E-state index in [0.717, 1.165) is 0 Å². The Morgan fingerprint density at radius 1 is 1.44 bits per heavy atom. The number of nitrogens with one attached hydrogen (secondary N) is 1. The molecule has 1 heterocycles. The van der Waals surface area contributed by atoms with Crippen LogP contribution >= 0.6 is 0 Å². The molecule has 0 aliphatic rings. The fourth-order valence-corrected chi connectivity index (χ4v) is 1.13. The van der Waals surface area contributed by atoms with Crippen LogP contribution < -0.4 is 11.1 Å². The van der Waals surface area contributed by atoms with E-state index < -0.39 is 5.97 Å². The highest BCUT2D eigenvalue weighted by Crippen LogP contribution is 2.05. The number of nitrogens with two attached hydrogens (primary N) is 1. The molecule has 0 atom stereocenters. The molecular weight excluding hydrogens is 210 g/mol. The number of carbonyl (C=O) groups is 2. The molecule has 6 heteroatoms. The second-order valence-electron chi connectivity index (χ2n) is 3.21. The van der Waals surface area contributed by atoms with Gasteiger partial charge in [0.05, 0.1) is 0 Å². The normalized spacial score (nSPS) is 9.75. The topological polar surface area (TPSA) is 105 Å². The number of hydrogen-bond donors (Lipinski definition) is 3. The van der Waals surface area contributed by atoms with E-state index >= 15 is 0 Å². The van der Waals surface area contributed by atoms with E-state index in [0.29, 0.717) is 25.2 Å². The van der Waals surface area contributed by atoms with Crippen LogP contribution in [0, 0.1) is 0 Å². The van der Waals surface area contributed by atoms with Crippen LogP contribution in [-0.2, 0) is 4.79 Å². The molecule has 0 saturated heterocycles. The van der Waals surface area contributed by atoms with Gasteiger partial charge in [0, 0.05) is 13.0 Å². The smallest absolute Gasteiger partial charge is 0.354 e. The summed E-state index contributed by atoms with van der Waals surface area (Å²) >= 11 is 0. The largest absolute Gasteiger partial charge is 0.477 e. The molecule has 0 fully saturated rings. The average molecular weight is 223 g/mol. The number of aromatic nitrogens is 1. The van der Waals surface area contributed by atoms with Crippen LogP contribution in [0.1, 0.15) is 23.3 Å². The zero-order valence-corrected chi connectivity index (χ0v) is 8.64. The maximum absolute atomic E-state index is 10.6. The molecule has 86 valence electrons. The summed E-state index contributed by atoms with van der Waals surface area (Å²) < 4.78 is 0. The van der Waals surface area contributed by atoms with Crippen LogP contribution in [-0.4, -0.2) is 28.5 Å². The van der Waals surface area contributed by atoms with Crippen molar-refractivity contribution in [1.29, 1.82) is 0 Å². The average Bonchev–Trinajstić information content (AvgIpc) is 2.24. The van der Waals surface area contributed by atoms with Gasteiger partial charge < -0.3 is 16.2 Å². The first-order valence-electron chi connectivity index (χ1n) is 4.82. The third kappa shape index (κ3) is 3.95.